The molecule has 1 amide bonds. The second-order valence-electron chi connectivity index (χ2n) is 7.27. The fraction of sp³-hybridized carbons (Fsp3) is 0.167. The summed E-state index contributed by atoms with van der Waals surface area (Å²) >= 11 is 0. The third-order valence-electron chi connectivity index (χ3n) is 5.03. The number of nitro groups is 1. The number of aromatic nitrogens is 1. The Hall–Kier alpha value is -4.38. The number of ether oxygens (including phenoxy) is 1. The number of methoxy groups -OCH3 is 1. The molecule has 0 fully saturated rings. The van der Waals surface area contributed by atoms with Crippen molar-refractivity contribution >= 4 is 23.4 Å². The lowest BCUT2D eigenvalue weighted by molar-refractivity contribution is -0.384. The van der Waals surface area contributed by atoms with E-state index in [0.29, 0.717) is 28.4 Å². The Morgan fingerprint density at radius 1 is 1.19 bits per heavy atom. The molecule has 0 saturated heterocycles. The molecule has 0 unspecified atom stereocenters. The lowest BCUT2D eigenvalue weighted by Crippen LogP contribution is -2.13. The topological polar surface area (TPSA) is 110 Å². The summed E-state index contributed by atoms with van der Waals surface area (Å²) in [6.45, 7) is 5.56. The highest BCUT2D eigenvalue weighted by Gasteiger charge is 2.18. The predicted octanol–water partition coefficient (Wildman–Crippen LogP) is 4.87. The molecule has 0 bridgehead atoms. The van der Waals surface area contributed by atoms with E-state index in [1.165, 1.54) is 31.4 Å². The molecular weight excluding hydrogens is 408 g/mol. The molecule has 0 aliphatic carbocycles. The zero-order valence-electron chi connectivity index (χ0n) is 18.2. The molecule has 162 valence electrons. The number of nitrogens with zero attached hydrogens (tertiary/aromatic N) is 3. The zero-order chi connectivity index (χ0) is 23.4. The van der Waals surface area contributed by atoms with Crippen LogP contribution in [0, 0.1) is 42.2 Å². The smallest absolute Gasteiger partial charge is 0.271 e. The summed E-state index contributed by atoms with van der Waals surface area (Å²) in [5.74, 6) is -0.0542. The van der Waals surface area contributed by atoms with Crippen molar-refractivity contribution < 1.29 is 14.5 Å². The molecule has 0 spiro atoms. The largest absolute Gasteiger partial charge is 0.495 e. The number of hydrogen-bond donors (Lipinski definition) is 1. The lowest BCUT2D eigenvalue weighted by Gasteiger charge is -2.14. The number of aryl methyl sites for hydroxylation is 2. The van der Waals surface area contributed by atoms with Crippen LogP contribution < -0.4 is 10.1 Å². The Bertz CT molecular complexity index is 1280. The molecule has 3 aromatic rings. The molecule has 8 nitrogen and oxygen atoms in total. The van der Waals surface area contributed by atoms with E-state index in [9.17, 15) is 20.2 Å². The van der Waals surface area contributed by atoms with Crippen LogP contribution in [-0.2, 0) is 4.79 Å². The molecular formula is C24H22N4O4. The minimum Gasteiger partial charge on any atom is -0.495 e. The standard InChI is InChI=1S/C24H22N4O4/c1-15-6-5-7-20(10-15)26-24(29)19(14-25)12-18-11-16(2)27(17(18)3)22-13-21(28(30)31)8-9-23(22)32-4/h5-13H,1-4H3,(H,26,29)/b19-12-. The molecule has 8 heteroatoms. The van der Waals surface area contributed by atoms with Crippen molar-refractivity contribution in [3.05, 3.63) is 86.7 Å². The van der Waals surface area contributed by atoms with Crippen LogP contribution in [0.1, 0.15) is 22.5 Å². The van der Waals surface area contributed by atoms with Crippen molar-refractivity contribution in [1.82, 2.24) is 4.57 Å². The average Bonchev–Trinajstić information content (AvgIpc) is 3.04. The molecule has 0 aliphatic heterocycles. The fourth-order valence-corrected chi connectivity index (χ4v) is 3.50. The van der Waals surface area contributed by atoms with E-state index in [1.807, 2.05) is 51.1 Å². The number of nitrogens with one attached hydrogen (secondary N) is 1. The molecule has 3 rings (SSSR count). The molecule has 1 heterocycles. The van der Waals surface area contributed by atoms with Gasteiger partial charge in [-0.2, -0.15) is 5.26 Å². The third-order valence-corrected chi connectivity index (χ3v) is 5.03. The number of hydrogen-bond acceptors (Lipinski definition) is 5. The van der Waals surface area contributed by atoms with E-state index in [2.05, 4.69) is 5.32 Å². The van der Waals surface area contributed by atoms with Crippen LogP contribution in [0.4, 0.5) is 11.4 Å². The Morgan fingerprint density at radius 2 is 1.94 bits per heavy atom. The van der Waals surface area contributed by atoms with E-state index >= 15 is 0 Å². The molecule has 0 saturated carbocycles. The first-order valence-corrected chi connectivity index (χ1v) is 9.76. The van der Waals surface area contributed by atoms with Gasteiger partial charge in [0.2, 0.25) is 0 Å². The van der Waals surface area contributed by atoms with Crippen molar-refractivity contribution in [3.63, 3.8) is 0 Å². The zero-order valence-corrected chi connectivity index (χ0v) is 18.2. The van der Waals surface area contributed by atoms with Crippen molar-refractivity contribution in [2.45, 2.75) is 20.8 Å². The number of nitriles is 1. The van der Waals surface area contributed by atoms with Crippen molar-refractivity contribution in [1.29, 1.82) is 5.26 Å². The van der Waals surface area contributed by atoms with Gasteiger partial charge < -0.3 is 14.6 Å². The fourth-order valence-electron chi connectivity index (χ4n) is 3.50. The van der Waals surface area contributed by atoms with Gasteiger partial charge in [-0.05, 0) is 62.2 Å². The van der Waals surface area contributed by atoms with Crippen LogP contribution in [-0.4, -0.2) is 22.5 Å². The highest BCUT2D eigenvalue weighted by atomic mass is 16.6. The molecule has 0 radical (unpaired) electrons. The average molecular weight is 430 g/mol. The Morgan fingerprint density at radius 3 is 2.56 bits per heavy atom. The summed E-state index contributed by atoms with van der Waals surface area (Å²) in [6, 6.07) is 15.4. The van der Waals surface area contributed by atoms with Crippen molar-refractivity contribution in [2.75, 3.05) is 12.4 Å². The number of non-ortho nitro benzene ring substituents is 1. The normalized spacial score (nSPS) is 11.0. The van der Waals surface area contributed by atoms with E-state index in [1.54, 1.807) is 10.6 Å². The predicted molar refractivity (Wildman–Crippen MR) is 122 cm³/mol. The van der Waals surface area contributed by atoms with Gasteiger partial charge in [-0.25, -0.2) is 0 Å². The van der Waals surface area contributed by atoms with E-state index in [4.69, 9.17) is 4.74 Å². The minimum atomic E-state index is -0.518. The van der Waals surface area contributed by atoms with Crippen LogP contribution in [0.15, 0.2) is 54.1 Å². The summed E-state index contributed by atoms with van der Waals surface area (Å²) in [5, 5.41) is 23.6. The van der Waals surface area contributed by atoms with Crippen LogP contribution in [0.3, 0.4) is 0 Å². The third kappa shape index (κ3) is 4.52. The number of nitro benzene ring substituents is 1. The van der Waals surface area contributed by atoms with E-state index in [-0.39, 0.29) is 11.3 Å². The summed E-state index contributed by atoms with van der Waals surface area (Å²) in [5.41, 5.74) is 4.08. The van der Waals surface area contributed by atoms with E-state index in [0.717, 1.165) is 11.3 Å². The maximum atomic E-state index is 12.6. The van der Waals surface area contributed by atoms with Gasteiger partial charge in [0.05, 0.1) is 17.7 Å². The Kier molecular flexibility index (Phi) is 6.40. The highest BCUT2D eigenvalue weighted by Crippen LogP contribution is 2.32. The van der Waals surface area contributed by atoms with Gasteiger partial charge in [0.25, 0.3) is 11.6 Å². The second kappa shape index (κ2) is 9.18. The van der Waals surface area contributed by atoms with Gasteiger partial charge >= 0.3 is 0 Å². The summed E-state index contributed by atoms with van der Waals surface area (Å²) in [6.07, 6.45) is 1.51. The number of benzene rings is 2. The van der Waals surface area contributed by atoms with Crippen molar-refractivity contribution in [3.8, 4) is 17.5 Å². The number of amides is 1. The van der Waals surface area contributed by atoms with Gasteiger partial charge in [0.15, 0.2) is 0 Å². The van der Waals surface area contributed by atoms with Gasteiger partial charge in [-0.1, -0.05) is 12.1 Å². The van der Waals surface area contributed by atoms with Gasteiger partial charge in [0, 0.05) is 29.2 Å². The molecule has 1 aromatic heterocycles. The number of rotatable bonds is 6. The first-order chi connectivity index (χ1) is 15.2. The molecule has 1 N–H and O–H groups in total. The quantitative estimate of drug-likeness (QED) is 0.260. The van der Waals surface area contributed by atoms with Crippen molar-refractivity contribution in [2.24, 2.45) is 0 Å². The number of carbonyl (C=O) groups is 1. The highest BCUT2D eigenvalue weighted by molar-refractivity contribution is 6.09. The molecule has 0 atom stereocenters. The number of carbonyl (C=O) groups excluding carboxylic acids is 1. The molecule has 2 aromatic carbocycles. The van der Waals surface area contributed by atoms with Crippen LogP contribution in [0.25, 0.3) is 11.8 Å². The molecule has 0 aliphatic rings. The summed E-state index contributed by atoms with van der Waals surface area (Å²) in [7, 11) is 1.49. The van der Waals surface area contributed by atoms with Gasteiger partial charge in [0.1, 0.15) is 17.4 Å². The van der Waals surface area contributed by atoms with Crippen LogP contribution in [0.2, 0.25) is 0 Å². The summed E-state index contributed by atoms with van der Waals surface area (Å²) < 4.78 is 7.19. The Balaban J connectivity index is 2.02. The Labute approximate surface area is 185 Å². The SMILES string of the molecule is COc1ccc([N+](=O)[O-])cc1-n1c(C)cc(/C=C(/C#N)C(=O)Nc2cccc(C)c2)c1C. The maximum absolute atomic E-state index is 12.6. The first kappa shape index (κ1) is 22.3. The lowest BCUT2D eigenvalue weighted by atomic mass is 10.1. The van der Waals surface area contributed by atoms with Crippen LogP contribution >= 0.6 is 0 Å². The van der Waals surface area contributed by atoms with Gasteiger partial charge in [-0.3, -0.25) is 14.9 Å². The first-order valence-electron chi connectivity index (χ1n) is 9.76. The van der Waals surface area contributed by atoms with E-state index < -0.39 is 10.8 Å². The summed E-state index contributed by atoms with van der Waals surface area (Å²) in [4.78, 5) is 23.4. The van der Waals surface area contributed by atoms with Gasteiger partial charge in [-0.15, -0.1) is 0 Å². The second-order valence-corrected chi connectivity index (χ2v) is 7.27. The molecule has 32 heavy (non-hydrogen) atoms. The van der Waals surface area contributed by atoms with Crippen LogP contribution in [0.5, 0.6) is 5.75 Å². The maximum Gasteiger partial charge on any atom is 0.271 e. The monoisotopic (exact) mass is 430 g/mol. The number of anilines is 1. The minimum absolute atomic E-state index is 0.0576.